The zero-order chi connectivity index (χ0) is 19.8. The van der Waals surface area contributed by atoms with Crippen LogP contribution in [0.5, 0.6) is 0 Å². The summed E-state index contributed by atoms with van der Waals surface area (Å²) >= 11 is 0. The number of fused-ring (bicyclic) bond motifs is 3. The highest BCUT2D eigenvalue weighted by Gasteiger charge is 2.25. The average molecular weight is 378 g/mol. The smallest absolute Gasteiger partial charge is 0.297 e. The van der Waals surface area contributed by atoms with Gasteiger partial charge in [-0.1, -0.05) is 42.5 Å². The zero-order valence-electron chi connectivity index (χ0n) is 16.2. The van der Waals surface area contributed by atoms with E-state index >= 15 is 0 Å². The number of anilines is 1. The van der Waals surface area contributed by atoms with Gasteiger partial charge in [-0.15, -0.1) is 0 Å². The molecule has 0 radical (unpaired) electrons. The van der Waals surface area contributed by atoms with Crippen LogP contribution < -0.4 is 16.3 Å². The van der Waals surface area contributed by atoms with Gasteiger partial charge in [0.1, 0.15) is 0 Å². The summed E-state index contributed by atoms with van der Waals surface area (Å²) in [4.78, 5) is 30.5. The van der Waals surface area contributed by atoms with Crippen molar-refractivity contribution in [1.82, 2.24) is 18.7 Å². The van der Waals surface area contributed by atoms with Crippen LogP contribution in [0.2, 0.25) is 0 Å². The zero-order valence-corrected chi connectivity index (χ0v) is 16.2. The first kappa shape index (κ1) is 18.0. The Hall–Kier alpha value is -3.42. The number of rotatable bonds is 4. The second kappa shape index (κ2) is 6.95. The lowest BCUT2D eigenvalue weighted by Gasteiger charge is -2.23. The number of imidazole rings is 1. The molecule has 1 aliphatic rings. The van der Waals surface area contributed by atoms with Crippen molar-refractivity contribution in [2.45, 2.75) is 26.9 Å². The Kier molecular flexibility index (Phi) is 4.46. The Labute approximate surface area is 161 Å². The molecular weight excluding hydrogens is 356 g/mol. The van der Waals surface area contributed by atoms with Gasteiger partial charge in [-0.05, 0) is 19.4 Å². The first-order valence-electron chi connectivity index (χ1n) is 9.24. The van der Waals surface area contributed by atoms with Crippen molar-refractivity contribution in [1.29, 1.82) is 0 Å². The number of aryl methyl sites for hydroxylation is 1. The molecule has 28 heavy (non-hydrogen) atoms. The summed E-state index contributed by atoms with van der Waals surface area (Å²) in [5, 5.41) is 6.24. The lowest BCUT2D eigenvalue weighted by molar-refractivity contribution is 0.664. The van der Waals surface area contributed by atoms with Crippen molar-refractivity contribution in [3.05, 3.63) is 62.8 Å². The minimum atomic E-state index is -0.383. The fourth-order valence-electron chi connectivity index (χ4n) is 3.45. The summed E-state index contributed by atoms with van der Waals surface area (Å²) < 4.78 is 4.52. The Bertz CT molecular complexity index is 1210. The van der Waals surface area contributed by atoms with Gasteiger partial charge < -0.3 is 0 Å². The Morgan fingerprint density at radius 1 is 1.18 bits per heavy atom. The molecule has 3 aromatic rings. The van der Waals surface area contributed by atoms with E-state index in [1.54, 1.807) is 12.1 Å². The summed E-state index contributed by atoms with van der Waals surface area (Å²) in [7, 11) is 1.64. The van der Waals surface area contributed by atoms with E-state index in [4.69, 9.17) is 0 Å². The molecule has 0 aliphatic carbocycles. The highest BCUT2D eigenvalue weighted by atomic mass is 16.2. The first-order chi connectivity index (χ1) is 13.5. The molecule has 0 spiro atoms. The van der Waals surface area contributed by atoms with Crippen molar-refractivity contribution >= 4 is 28.9 Å². The average Bonchev–Trinajstić information content (AvgIpc) is 3.08. The van der Waals surface area contributed by atoms with E-state index in [1.165, 1.54) is 9.13 Å². The second-order valence-corrected chi connectivity index (χ2v) is 6.79. The summed E-state index contributed by atoms with van der Waals surface area (Å²) in [6.45, 7) is 5.19. The molecule has 0 bridgehead atoms. The minimum Gasteiger partial charge on any atom is -0.297 e. The molecule has 0 saturated heterocycles. The van der Waals surface area contributed by atoms with E-state index in [-0.39, 0.29) is 17.8 Å². The van der Waals surface area contributed by atoms with Gasteiger partial charge in [0.25, 0.3) is 5.56 Å². The van der Waals surface area contributed by atoms with Crippen LogP contribution in [0.3, 0.4) is 0 Å². The van der Waals surface area contributed by atoms with Gasteiger partial charge in [-0.2, -0.15) is 10.1 Å². The van der Waals surface area contributed by atoms with E-state index in [0.717, 1.165) is 11.3 Å². The van der Waals surface area contributed by atoms with Crippen LogP contribution in [-0.2, 0) is 20.1 Å². The molecule has 8 nitrogen and oxygen atoms in total. The normalized spacial score (nSPS) is 14.0. The van der Waals surface area contributed by atoms with E-state index in [1.807, 2.05) is 60.9 Å². The Balaban J connectivity index is 1.83. The van der Waals surface area contributed by atoms with Gasteiger partial charge in [-0.25, -0.2) is 9.80 Å². The minimum absolute atomic E-state index is 0.196. The molecule has 1 aromatic carbocycles. The maximum Gasteiger partial charge on any atom is 0.332 e. The van der Waals surface area contributed by atoms with Gasteiger partial charge in [0, 0.05) is 20.1 Å². The van der Waals surface area contributed by atoms with Crippen molar-refractivity contribution in [2.75, 3.05) is 11.6 Å². The molecule has 0 N–H and O–H groups in total. The SMILES string of the molecule is CCN1N=C(C)Cn2c1nc1c2c(=O)n(CC=Cc2ccccc2)c(=O)n1C. The third kappa shape index (κ3) is 2.87. The van der Waals surface area contributed by atoms with Gasteiger partial charge in [0.2, 0.25) is 5.95 Å². The van der Waals surface area contributed by atoms with Gasteiger partial charge in [0.15, 0.2) is 11.2 Å². The van der Waals surface area contributed by atoms with Crippen LogP contribution in [0.25, 0.3) is 17.2 Å². The van der Waals surface area contributed by atoms with E-state index in [0.29, 0.717) is 30.2 Å². The standard InChI is InChI=1S/C20H22N6O2/c1-4-26-19-21-17-16(25(19)13-14(2)22-26)18(27)24(20(28)23(17)3)12-8-11-15-9-6-5-7-10-15/h5-11H,4,12-13H2,1-3H3. The van der Waals surface area contributed by atoms with Crippen LogP contribution >= 0.6 is 0 Å². The molecule has 8 heteroatoms. The largest absolute Gasteiger partial charge is 0.332 e. The van der Waals surface area contributed by atoms with Gasteiger partial charge >= 0.3 is 5.69 Å². The van der Waals surface area contributed by atoms with Crippen molar-refractivity contribution in [3.8, 4) is 0 Å². The molecule has 0 saturated carbocycles. The van der Waals surface area contributed by atoms with Crippen molar-refractivity contribution in [3.63, 3.8) is 0 Å². The monoisotopic (exact) mass is 378 g/mol. The third-order valence-electron chi connectivity index (χ3n) is 4.82. The van der Waals surface area contributed by atoms with Crippen LogP contribution in [0.4, 0.5) is 5.95 Å². The number of hydrogen-bond acceptors (Lipinski definition) is 5. The van der Waals surface area contributed by atoms with E-state index in [9.17, 15) is 9.59 Å². The van der Waals surface area contributed by atoms with Gasteiger partial charge in [0.05, 0.1) is 12.3 Å². The molecule has 2 aromatic heterocycles. The predicted octanol–water partition coefficient (Wildman–Crippen LogP) is 1.83. The number of benzene rings is 1. The Morgan fingerprint density at radius 3 is 2.64 bits per heavy atom. The molecule has 0 atom stereocenters. The lowest BCUT2D eigenvalue weighted by atomic mass is 10.2. The van der Waals surface area contributed by atoms with Crippen molar-refractivity contribution < 1.29 is 0 Å². The van der Waals surface area contributed by atoms with Crippen LogP contribution in [0.15, 0.2) is 51.1 Å². The maximum atomic E-state index is 13.2. The van der Waals surface area contributed by atoms with E-state index < -0.39 is 0 Å². The maximum absolute atomic E-state index is 13.2. The molecule has 4 rings (SSSR count). The fraction of sp³-hybridized carbons (Fsp3) is 0.300. The van der Waals surface area contributed by atoms with E-state index in [2.05, 4.69) is 10.1 Å². The Morgan fingerprint density at radius 2 is 1.93 bits per heavy atom. The van der Waals surface area contributed by atoms with Crippen LogP contribution in [0.1, 0.15) is 19.4 Å². The van der Waals surface area contributed by atoms with Crippen LogP contribution in [0, 0.1) is 0 Å². The number of nitrogens with zero attached hydrogens (tertiary/aromatic N) is 6. The highest BCUT2D eigenvalue weighted by molar-refractivity contribution is 5.87. The molecule has 0 amide bonds. The molecule has 3 heterocycles. The second-order valence-electron chi connectivity index (χ2n) is 6.79. The number of allylic oxidation sites excluding steroid dienone is 1. The number of aromatic nitrogens is 4. The molecule has 1 aliphatic heterocycles. The first-order valence-corrected chi connectivity index (χ1v) is 9.24. The summed E-state index contributed by atoms with van der Waals surface area (Å²) in [5.74, 6) is 0.591. The lowest BCUT2D eigenvalue weighted by Crippen LogP contribution is -2.39. The summed E-state index contributed by atoms with van der Waals surface area (Å²) in [6.07, 6.45) is 3.72. The third-order valence-corrected chi connectivity index (χ3v) is 4.82. The predicted molar refractivity (Wildman–Crippen MR) is 111 cm³/mol. The summed E-state index contributed by atoms with van der Waals surface area (Å²) in [5.41, 5.74) is 2.00. The number of hydrazone groups is 1. The topological polar surface area (TPSA) is 77.4 Å². The van der Waals surface area contributed by atoms with Gasteiger partial charge in [-0.3, -0.25) is 18.5 Å². The quantitative estimate of drug-likeness (QED) is 0.694. The van der Waals surface area contributed by atoms with Crippen LogP contribution in [-0.4, -0.2) is 30.9 Å². The molecule has 0 unspecified atom stereocenters. The molecule has 144 valence electrons. The fourth-order valence-corrected chi connectivity index (χ4v) is 3.45. The number of hydrogen-bond donors (Lipinski definition) is 0. The van der Waals surface area contributed by atoms with Crippen molar-refractivity contribution in [2.24, 2.45) is 12.1 Å². The highest BCUT2D eigenvalue weighted by Crippen LogP contribution is 2.23. The molecular formula is C20H22N6O2. The summed E-state index contributed by atoms with van der Waals surface area (Å²) in [6, 6.07) is 9.77. The molecule has 0 fully saturated rings.